The monoisotopic (exact) mass is 1010 g/mol. The number of pyridine rings is 1. The van der Waals surface area contributed by atoms with Gasteiger partial charge in [0, 0.05) is 75.5 Å². The molecule has 0 unspecified atom stereocenters. The number of nitrogens with one attached hydrogen (secondary N) is 3. The minimum absolute atomic E-state index is 0.00532. The van der Waals surface area contributed by atoms with Crippen LogP contribution in [0.15, 0.2) is 66.4 Å². The molecule has 2 aliphatic heterocycles. The van der Waals surface area contributed by atoms with Gasteiger partial charge in [-0.15, -0.1) is 21.5 Å². The lowest BCUT2D eigenvalue weighted by Crippen LogP contribution is -2.58. The Hall–Kier alpha value is -6.82. The number of aliphatic hydroxyl groups excluding tert-OH is 1. The molecule has 0 spiro atoms. The minimum Gasteiger partial charge on any atom is -0.391 e. The molecule has 6 aromatic rings. The van der Waals surface area contributed by atoms with E-state index in [9.17, 15) is 29.5 Å². The molecule has 376 valence electrons. The maximum Gasteiger partial charge on any atom is 0.246 e. The van der Waals surface area contributed by atoms with Crippen LogP contribution in [0, 0.1) is 35.5 Å². The van der Waals surface area contributed by atoms with Crippen molar-refractivity contribution in [2.75, 3.05) is 42.9 Å². The molecule has 3 fully saturated rings. The molecular formula is C52H61N13O5S2. The fourth-order valence-corrected chi connectivity index (χ4v) is 11.7. The second-order valence-corrected chi connectivity index (χ2v) is 22.3. The number of carbonyl (C=O) groups excluding carboxylic acids is 4. The summed E-state index contributed by atoms with van der Waals surface area (Å²) in [6.45, 7) is 14.3. The molecule has 1 aromatic carbocycles. The van der Waals surface area contributed by atoms with E-state index < -0.39 is 29.5 Å². The first-order chi connectivity index (χ1) is 34.5. The molecule has 7 heterocycles. The number of hydrogen-bond donors (Lipinski definition) is 4. The molecule has 4 N–H and O–H groups in total. The largest absolute Gasteiger partial charge is 0.391 e. The number of amides is 4. The van der Waals surface area contributed by atoms with Crippen LogP contribution in [0.1, 0.15) is 83.5 Å². The zero-order valence-corrected chi connectivity index (χ0v) is 43.1. The van der Waals surface area contributed by atoms with Gasteiger partial charge in [-0.2, -0.15) is 10.4 Å². The topological polar surface area (TPSA) is 227 Å². The second kappa shape index (κ2) is 21.1. The quantitative estimate of drug-likeness (QED) is 0.0997. The molecular weight excluding hydrogens is 951 g/mol. The normalized spacial score (nSPS) is 19.8. The van der Waals surface area contributed by atoms with E-state index in [0.29, 0.717) is 57.4 Å². The number of anilines is 2. The Kier molecular flexibility index (Phi) is 14.7. The van der Waals surface area contributed by atoms with E-state index in [-0.39, 0.29) is 55.1 Å². The molecule has 1 aliphatic carbocycles. The number of hydrogen-bond acceptors (Lipinski definition) is 15. The molecule has 0 bridgehead atoms. The molecule has 3 atom stereocenters. The second-order valence-electron chi connectivity index (χ2n) is 20.5. The van der Waals surface area contributed by atoms with E-state index in [1.165, 1.54) is 22.4 Å². The van der Waals surface area contributed by atoms with Crippen LogP contribution in [-0.2, 0) is 25.7 Å². The molecule has 2 saturated heterocycles. The Labute approximate surface area is 426 Å². The molecule has 20 heteroatoms. The van der Waals surface area contributed by atoms with E-state index >= 15 is 0 Å². The van der Waals surface area contributed by atoms with Crippen molar-refractivity contribution in [1.29, 1.82) is 5.26 Å². The van der Waals surface area contributed by atoms with Gasteiger partial charge in [-0.1, -0.05) is 56.4 Å². The number of thiazole rings is 1. The highest BCUT2D eigenvalue weighted by molar-refractivity contribution is 7.18. The smallest absolute Gasteiger partial charge is 0.246 e. The first-order valence-electron chi connectivity index (χ1n) is 24.6. The molecule has 18 nitrogen and oxygen atoms in total. The highest BCUT2D eigenvalue weighted by Gasteiger charge is 2.45. The third kappa shape index (κ3) is 10.8. The molecule has 9 rings (SSSR count). The van der Waals surface area contributed by atoms with Crippen molar-refractivity contribution in [2.45, 2.75) is 104 Å². The minimum atomic E-state index is -0.931. The summed E-state index contributed by atoms with van der Waals surface area (Å²) in [6, 6.07) is 16.0. The van der Waals surface area contributed by atoms with Crippen molar-refractivity contribution < 1.29 is 24.3 Å². The number of nitriles is 1. The molecule has 4 amide bonds. The first kappa shape index (κ1) is 50.1. The lowest BCUT2D eigenvalue weighted by atomic mass is 9.80. The lowest BCUT2D eigenvalue weighted by molar-refractivity contribution is -0.145. The predicted molar refractivity (Wildman–Crippen MR) is 277 cm³/mol. The SMILES string of the molecule is Cc1ncsc1-c1ccc(CNC(=O)[C@@H]2C[C@@H](O)CN2C(=O)[C@@H](NC(=O)C2CCC(C(=O)N3CCN(c4nnc(-c5cnc(-c6ccc7cc(C#N)cnn67)cc5NC(C)C)s4)CC3)CC2)C(C)(C)C)cc1. The fourth-order valence-electron chi connectivity index (χ4n) is 9.92. The maximum atomic E-state index is 14.3. The number of aromatic nitrogens is 6. The maximum absolute atomic E-state index is 14.3. The Morgan fingerprint density at radius 1 is 0.917 bits per heavy atom. The van der Waals surface area contributed by atoms with Crippen LogP contribution < -0.4 is 20.9 Å². The number of carbonyl (C=O) groups is 4. The van der Waals surface area contributed by atoms with Gasteiger partial charge in [0.1, 0.15) is 18.2 Å². The van der Waals surface area contributed by atoms with Gasteiger partial charge < -0.3 is 35.8 Å². The van der Waals surface area contributed by atoms with Gasteiger partial charge in [0.2, 0.25) is 28.8 Å². The van der Waals surface area contributed by atoms with Crippen molar-refractivity contribution in [2.24, 2.45) is 17.3 Å². The summed E-state index contributed by atoms with van der Waals surface area (Å²) >= 11 is 3.06. The number of likely N-dealkylation sites (tertiary alicyclic amines) is 1. The van der Waals surface area contributed by atoms with Crippen LogP contribution in [-0.4, -0.2) is 125 Å². The van der Waals surface area contributed by atoms with Crippen molar-refractivity contribution in [1.82, 2.24) is 50.2 Å². The predicted octanol–water partition coefficient (Wildman–Crippen LogP) is 6.30. The average molecular weight is 1010 g/mol. The van der Waals surface area contributed by atoms with Crippen LogP contribution in [0.4, 0.5) is 10.8 Å². The lowest BCUT2D eigenvalue weighted by Gasteiger charge is -2.38. The number of benzene rings is 1. The number of aryl methyl sites for hydroxylation is 1. The van der Waals surface area contributed by atoms with Gasteiger partial charge in [-0.3, -0.25) is 24.2 Å². The van der Waals surface area contributed by atoms with Crippen LogP contribution in [0.5, 0.6) is 0 Å². The Balaban J connectivity index is 0.763. The number of fused-ring (bicyclic) bond motifs is 1. The standard InChI is InChI=1S/C52H61N13O5S2/c1-30(2)58-40-23-41(42-16-15-37-21-33(24-53)26-57-65(37)42)54-27-39(40)48-60-61-51(72-48)63-19-17-62(18-20-63)49(69)36-13-11-35(12-14-36)46(67)59-45(52(4,5)6)50(70)64-28-38(66)22-43(64)47(68)55-25-32-7-9-34(10-8-32)44-31(3)56-29-71-44/h7-10,15-16,21,23,26-27,29-30,35-36,38,43,45,66H,11-14,17-20,22,25,28H2,1-6H3,(H,54,58)(H,55,68)(H,59,67)/t35?,36?,38-,43+,45-/m1/s1. The van der Waals surface area contributed by atoms with Gasteiger partial charge in [0.15, 0.2) is 5.01 Å². The van der Waals surface area contributed by atoms with Gasteiger partial charge in [0.25, 0.3) is 0 Å². The zero-order chi connectivity index (χ0) is 50.8. The van der Waals surface area contributed by atoms with Crippen molar-refractivity contribution >= 4 is 62.6 Å². The van der Waals surface area contributed by atoms with Crippen molar-refractivity contribution in [3.8, 4) is 38.5 Å². The molecule has 0 radical (unpaired) electrons. The van der Waals surface area contributed by atoms with Crippen LogP contribution in [0.3, 0.4) is 0 Å². The summed E-state index contributed by atoms with van der Waals surface area (Å²) in [6.07, 6.45) is 4.75. The first-order valence-corrected chi connectivity index (χ1v) is 26.3. The summed E-state index contributed by atoms with van der Waals surface area (Å²) in [5, 5.41) is 44.7. The molecule has 5 aromatic heterocycles. The molecule has 72 heavy (non-hydrogen) atoms. The van der Waals surface area contributed by atoms with E-state index in [4.69, 9.17) is 4.98 Å². The summed E-state index contributed by atoms with van der Waals surface area (Å²) in [7, 11) is 0. The summed E-state index contributed by atoms with van der Waals surface area (Å²) in [5.74, 6) is -1.46. The van der Waals surface area contributed by atoms with E-state index in [2.05, 4.69) is 61.0 Å². The van der Waals surface area contributed by atoms with Crippen molar-refractivity contribution in [3.63, 3.8) is 0 Å². The number of aliphatic hydroxyl groups is 1. The van der Waals surface area contributed by atoms with Crippen LogP contribution >= 0.6 is 22.7 Å². The highest BCUT2D eigenvalue weighted by Crippen LogP contribution is 2.37. The number of piperazine rings is 1. The Bertz CT molecular complexity index is 2990. The van der Waals surface area contributed by atoms with Gasteiger partial charge in [-0.05, 0) is 87.3 Å². The third-order valence-corrected chi connectivity index (χ3v) is 15.9. The van der Waals surface area contributed by atoms with Gasteiger partial charge in [0.05, 0.1) is 56.4 Å². The Morgan fingerprint density at radius 2 is 1.65 bits per heavy atom. The average Bonchev–Trinajstić information content (AvgIpc) is 4.21. The summed E-state index contributed by atoms with van der Waals surface area (Å²) < 4.78 is 1.77. The Morgan fingerprint density at radius 3 is 2.33 bits per heavy atom. The highest BCUT2D eigenvalue weighted by atomic mass is 32.1. The number of β-amino-alcohol motifs (C(OH)–C–C–N with tert-alkyl or cyclic N) is 1. The number of nitrogens with zero attached hydrogens (tertiary/aromatic N) is 10. The number of rotatable bonds is 13. The molecule has 3 aliphatic rings. The van der Waals surface area contributed by atoms with Crippen molar-refractivity contribution in [3.05, 3.63) is 83.3 Å². The van der Waals surface area contributed by atoms with E-state index in [1.807, 2.05) is 80.6 Å². The van der Waals surface area contributed by atoms with E-state index in [0.717, 1.165) is 60.0 Å². The third-order valence-electron chi connectivity index (χ3n) is 13.9. The molecule has 1 saturated carbocycles. The zero-order valence-electron chi connectivity index (χ0n) is 41.5. The van der Waals surface area contributed by atoms with Crippen LogP contribution in [0.25, 0.3) is 37.9 Å². The van der Waals surface area contributed by atoms with Crippen LogP contribution in [0.2, 0.25) is 0 Å². The summed E-state index contributed by atoms with van der Waals surface area (Å²) in [4.78, 5) is 71.5. The van der Waals surface area contributed by atoms with E-state index in [1.54, 1.807) is 28.1 Å². The fraction of sp³-hybridized carbons (Fsp3) is 0.462. The van der Waals surface area contributed by atoms with Gasteiger partial charge in [-0.25, -0.2) is 9.50 Å². The van der Waals surface area contributed by atoms with Gasteiger partial charge >= 0.3 is 0 Å². The summed E-state index contributed by atoms with van der Waals surface area (Å²) in [5.41, 5.74) is 8.54.